The van der Waals surface area contributed by atoms with Gasteiger partial charge in [0.05, 0.1) is 17.9 Å². The van der Waals surface area contributed by atoms with Gasteiger partial charge in [0.25, 0.3) is 0 Å². The summed E-state index contributed by atoms with van der Waals surface area (Å²) in [4.78, 5) is 15.7. The molecule has 0 saturated carbocycles. The van der Waals surface area contributed by atoms with Crippen molar-refractivity contribution in [3.05, 3.63) is 28.4 Å². The standard InChI is InChI=1S/C17H26N6OS.HI/c1-12-13(2)24-15(21-12)10-20-16(18-3)19-7-6-14-11-25-17(22-14)23-8-4-5-9-23;/h11H,4-10H2,1-3H3,(H2,18,19,20);1H. The van der Waals surface area contributed by atoms with Crippen LogP contribution in [0.4, 0.5) is 5.13 Å². The van der Waals surface area contributed by atoms with E-state index in [-0.39, 0.29) is 24.0 Å². The minimum absolute atomic E-state index is 0. The quantitative estimate of drug-likeness (QED) is 0.369. The molecule has 7 nitrogen and oxygen atoms in total. The van der Waals surface area contributed by atoms with Crippen molar-refractivity contribution in [3.63, 3.8) is 0 Å². The zero-order valence-electron chi connectivity index (χ0n) is 15.5. The van der Waals surface area contributed by atoms with Crippen LogP contribution in [-0.2, 0) is 13.0 Å². The van der Waals surface area contributed by atoms with Crippen molar-refractivity contribution in [2.45, 2.75) is 39.7 Å². The van der Waals surface area contributed by atoms with Crippen LogP contribution in [0.15, 0.2) is 14.8 Å². The first-order valence-electron chi connectivity index (χ1n) is 8.72. The molecule has 0 atom stereocenters. The number of halogens is 1. The fraction of sp³-hybridized carbons (Fsp3) is 0.588. The number of hydrogen-bond acceptors (Lipinski definition) is 6. The Kier molecular flexibility index (Phi) is 8.14. The summed E-state index contributed by atoms with van der Waals surface area (Å²) < 4.78 is 5.56. The van der Waals surface area contributed by atoms with E-state index in [0.717, 1.165) is 54.3 Å². The molecule has 0 aromatic carbocycles. The molecule has 0 spiro atoms. The molecule has 2 aromatic heterocycles. The lowest BCUT2D eigenvalue weighted by atomic mass is 10.3. The first-order valence-corrected chi connectivity index (χ1v) is 9.60. The molecule has 1 fully saturated rings. The number of anilines is 1. The Morgan fingerprint density at radius 3 is 2.69 bits per heavy atom. The number of nitrogens with zero attached hydrogens (tertiary/aromatic N) is 4. The highest BCUT2D eigenvalue weighted by atomic mass is 127. The van der Waals surface area contributed by atoms with E-state index in [2.05, 4.69) is 30.9 Å². The Balaban J connectivity index is 0.00000243. The van der Waals surface area contributed by atoms with Gasteiger partial charge in [-0.25, -0.2) is 9.97 Å². The molecule has 2 N–H and O–H groups in total. The lowest BCUT2D eigenvalue weighted by Crippen LogP contribution is -2.38. The Morgan fingerprint density at radius 1 is 1.27 bits per heavy atom. The summed E-state index contributed by atoms with van der Waals surface area (Å²) in [5.74, 6) is 2.27. The number of oxazole rings is 1. The van der Waals surface area contributed by atoms with Crippen LogP contribution >= 0.6 is 35.3 Å². The van der Waals surface area contributed by atoms with Crippen LogP contribution in [-0.4, -0.2) is 42.6 Å². The highest BCUT2D eigenvalue weighted by molar-refractivity contribution is 14.0. The fourth-order valence-electron chi connectivity index (χ4n) is 2.77. The summed E-state index contributed by atoms with van der Waals surface area (Å²) in [5.41, 5.74) is 2.06. The predicted molar refractivity (Wildman–Crippen MR) is 117 cm³/mol. The topological polar surface area (TPSA) is 78.6 Å². The summed E-state index contributed by atoms with van der Waals surface area (Å²) in [6, 6.07) is 0. The molecule has 1 aliphatic heterocycles. The third-order valence-corrected chi connectivity index (χ3v) is 5.24. The zero-order chi connectivity index (χ0) is 17.6. The number of rotatable bonds is 6. The lowest BCUT2D eigenvalue weighted by molar-refractivity contribution is 0.463. The van der Waals surface area contributed by atoms with Gasteiger partial charge < -0.3 is 20.0 Å². The minimum atomic E-state index is 0. The average Bonchev–Trinajstić information content (AvgIpc) is 3.33. The van der Waals surface area contributed by atoms with Gasteiger partial charge in [-0.15, -0.1) is 35.3 Å². The molecular formula is C17H27IN6OS. The largest absolute Gasteiger partial charge is 0.444 e. The van der Waals surface area contributed by atoms with Crippen molar-refractivity contribution >= 4 is 46.4 Å². The van der Waals surface area contributed by atoms with Crippen LogP contribution in [0, 0.1) is 13.8 Å². The first kappa shape index (κ1) is 20.9. The van der Waals surface area contributed by atoms with Gasteiger partial charge >= 0.3 is 0 Å². The number of nitrogens with one attached hydrogen (secondary N) is 2. The molecule has 1 aliphatic rings. The van der Waals surface area contributed by atoms with Crippen LogP contribution < -0.4 is 15.5 Å². The van der Waals surface area contributed by atoms with E-state index in [1.165, 1.54) is 12.8 Å². The summed E-state index contributed by atoms with van der Waals surface area (Å²) in [5, 5.41) is 9.84. The van der Waals surface area contributed by atoms with Gasteiger partial charge in [0.15, 0.2) is 11.1 Å². The SMILES string of the molecule is CN=C(NCCc1csc(N2CCCC2)n1)NCc1nc(C)c(C)o1.I. The molecule has 0 amide bonds. The number of aliphatic imine (C=N–C) groups is 1. The van der Waals surface area contributed by atoms with Crippen molar-refractivity contribution in [3.8, 4) is 0 Å². The number of thiazole rings is 1. The second-order valence-electron chi connectivity index (χ2n) is 6.17. The molecule has 2 aromatic rings. The molecule has 0 unspecified atom stereocenters. The molecule has 0 aliphatic carbocycles. The zero-order valence-corrected chi connectivity index (χ0v) is 18.7. The molecule has 0 radical (unpaired) electrons. The number of aryl methyl sites for hydroxylation is 2. The van der Waals surface area contributed by atoms with Gasteiger partial charge in [-0.1, -0.05) is 0 Å². The molecule has 0 bridgehead atoms. The number of aromatic nitrogens is 2. The van der Waals surface area contributed by atoms with Crippen LogP contribution in [0.2, 0.25) is 0 Å². The van der Waals surface area contributed by atoms with Crippen LogP contribution in [0.3, 0.4) is 0 Å². The number of guanidine groups is 1. The maximum atomic E-state index is 5.56. The summed E-state index contributed by atoms with van der Waals surface area (Å²) in [6.07, 6.45) is 3.44. The van der Waals surface area contributed by atoms with E-state index in [1.54, 1.807) is 18.4 Å². The Hall–Kier alpha value is -1.36. The van der Waals surface area contributed by atoms with Gasteiger partial charge in [-0.3, -0.25) is 4.99 Å². The van der Waals surface area contributed by atoms with Gasteiger partial charge in [-0.05, 0) is 26.7 Å². The molecule has 1 saturated heterocycles. The predicted octanol–water partition coefficient (Wildman–Crippen LogP) is 2.87. The molecule has 9 heteroatoms. The van der Waals surface area contributed by atoms with Crippen LogP contribution in [0.25, 0.3) is 0 Å². The third kappa shape index (κ3) is 5.57. The van der Waals surface area contributed by atoms with Crippen molar-refractivity contribution < 1.29 is 4.42 Å². The van der Waals surface area contributed by atoms with E-state index >= 15 is 0 Å². The fourth-order valence-corrected chi connectivity index (χ4v) is 3.68. The van der Waals surface area contributed by atoms with E-state index in [9.17, 15) is 0 Å². The second-order valence-corrected chi connectivity index (χ2v) is 7.00. The van der Waals surface area contributed by atoms with Gasteiger partial charge in [0, 0.05) is 38.5 Å². The van der Waals surface area contributed by atoms with Crippen LogP contribution in [0.1, 0.15) is 35.9 Å². The first-order chi connectivity index (χ1) is 12.2. The molecule has 3 rings (SSSR count). The maximum absolute atomic E-state index is 5.56. The summed E-state index contributed by atoms with van der Waals surface area (Å²) in [6.45, 7) is 7.45. The van der Waals surface area contributed by atoms with Crippen LogP contribution in [0.5, 0.6) is 0 Å². The Morgan fingerprint density at radius 2 is 2.04 bits per heavy atom. The van der Waals surface area contributed by atoms with Crippen molar-refractivity contribution in [1.29, 1.82) is 0 Å². The molecular weight excluding hydrogens is 463 g/mol. The number of hydrogen-bond donors (Lipinski definition) is 2. The van der Waals surface area contributed by atoms with Crippen molar-refractivity contribution in [2.75, 3.05) is 31.6 Å². The van der Waals surface area contributed by atoms with Gasteiger partial charge in [0.2, 0.25) is 5.89 Å². The average molecular weight is 490 g/mol. The molecule has 3 heterocycles. The maximum Gasteiger partial charge on any atom is 0.214 e. The highest BCUT2D eigenvalue weighted by Gasteiger charge is 2.15. The summed E-state index contributed by atoms with van der Waals surface area (Å²) in [7, 11) is 1.76. The molecule has 144 valence electrons. The van der Waals surface area contributed by atoms with Crippen molar-refractivity contribution in [2.24, 2.45) is 4.99 Å². The second kappa shape index (κ2) is 10.1. The molecule has 26 heavy (non-hydrogen) atoms. The third-order valence-electron chi connectivity index (χ3n) is 4.29. The monoisotopic (exact) mass is 490 g/mol. The van der Waals surface area contributed by atoms with E-state index in [0.29, 0.717) is 12.4 Å². The highest BCUT2D eigenvalue weighted by Crippen LogP contribution is 2.24. The normalized spacial score (nSPS) is 14.4. The Bertz CT molecular complexity index is 703. The Labute approximate surface area is 175 Å². The minimum Gasteiger partial charge on any atom is -0.444 e. The van der Waals surface area contributed by atoms with E-state index < -0.39 is 0 Å². The van der Waals surface area contributed by atoms with E-state index in [4.69, 9.17) is 9.40 Å². The lowest BCUT2D eigenvalue weighted by Gasteiger charge is -2.12. The summed E-state index contributed by atoms with van der Waals surface area (Å²) >= 11 is 1.74. The van der Waals surface area contributed by atoms with Gasteiger partial charge in [0.1, 0.15) is 5.76 Å². The van der Waals surface area contributed by atoms with Gasteiger partial charge in [-0.2, -0.15) is 0 Å². The van der Waals surface area contributed by atoms with E-state index in [1.807, 2.05) is 13.8 Å². The van der Waals surface area contributed by atoms with Crippen molar-refractivity contribution in [1.82, 2.24) is 20.6 Å². The smallest absolute Gasteiger partial charge is 0.214 e.